The molecule has 0 spiro atoms. The molecule has 1 atom stereocenters. The van der Waals surface area contributed by atoms with Crippen LogP contribution in [0.25, 0.3) is 0 Å². The zero-order valence-electron chi connectivity index (χ0n) is 14.9. The van der Waals surface area contributed by atoms with Gasteiger partial charge in [0.05, 0.1) is 0 Å². The Kier molecular flexibility index (Phi) is 26.4. The van der Waals surface area contributed by atoms with Crippen molar-refractivity contribution in [3.05, 3.63) is 6.92 Å². The van der Waals surface area contributed by atoms with Crippen molar-refractivity contribution in [2.24, 2.45) is 5.92 Å². The summed E-state index contributed by atoms with van der Waals surface area (Å²) in [6.07, 6.45) is 16.8. The first-order valence-electron chi connectivity index (χ1n) is 8.34. The van der Waals surface area contributed by atoms with Crippen molar-refractivity contribution < 1.29 is 68.9 Å². The van der Waals surface area contributed by atoms with E-state index in [0.29, 0.717) is 0 Å². The largest absolute Gasteiger partial charge is 1.00 e. The number of hydrogen-bond donors (Lipinski definition) is 2. The SMILES string of the molecule is O=S(=O)(O)O.[CH2-]C(CCCCCC)CCCCCCCC.[K+]. The van der Waals surface area contributed by atoms with Gasteiger partial charge >= 0.3 is 61.8 Å². The van der Waals surface area contributed by atoms with Crippen LogP contribution in [0.5, 0.6) is 0 Å². The van der Waals surface area contributed by atoms with Gasteiger partial charge in [0, 0.05) is 0 Å². The first kappa shape index (κ1) is 28.3. The van der Waals surface area contributed by atoms with E-state index in [0.717, 1.165) is 5.92 Å². The van der Waals surface area contributed by atoms with Crippen LogP contribution in [-0.2, 0) is 10.4 Å². The van der Waals surface area contributed by atoms with Gasteiger partial charge in [0.2, 0.25) is 0 Å². The smallest absolute Gasteiger partial charge is 0.340 e. The van der Waals surface area contributed by atoms with Crippen LogP contribution in [0.3, 0.4) is 0 Å². The Bertz CT molecular complexity index is 287. The Morgan fingerprint density at radius 2 is 1.05 bits per heavy atom. The molecule has 22 heavy (non-hydrogen) atoms. The van der Waals surface area contributed by atoms with E-state index >= 15 is 0 Å². The third-order valence-electron chi connectivity index (χ3n) is 3.43. The van der Waals surface area contributed by atoms with Crippen LogP contribution in [0.4, 0.5) is 0 Å². The number of unbranched alkanes of at least 4 members (excludes halogenated alkanes) is 8. The van der Waals surface area contributed by atoms with E-state index in [2.05, 4.69) is 20.8 Å². The van der Waals surface area contributed by atoms with Crippen LogP contribution in [-0.4, -0.2) is 17.5 Å². The van der Waals surface area contributed by atoms with Gasteiger partial charge in [-0.15, -0.1) is 0 Å². The minimum absolute atomic E-state index is 0. The molecule has 0 aliphatic rings. The Hall–Kier alpha value is 1.51. The molecule has 0 aromatic rings. The molecule has 0 aliphatic heterocycles. The topological polar surface area (TPSA) is 74.6 Å². The molecule has 130 valence electrons. The summed E-state index contributed by atoms with van der Waals surface area (Å²) in [5.74, 6) is 0.725. The first-order valence-corrected chi connectivity index (χ1v) is 9.73. The summed E-state index contributed by atoms with van der Waals surface area (Å²) in [6.45, 7) is 8.83. The maximum atomic E-state index is 8.74. The molecule has 0 bridgehead atoms. The van der Waals surface area contributed by atoms with Crippen LogP contribution < -0.4 is 51.4 Å². The van der Waals surface area contributed by atoms with Gasteiger partial charge in [0.1, 0.15) is 0 Å². The first-order chi connectivity index (χ1) is 9.81. The standard InChI is InChI=1S/C16H33.K.H2O4S/c1-4-6-8-10-11-13-15-16(3)14-12-9-7-5-2;;1-5(2,3)4/h16H,3-15H2,1-2H3;;(H2,1,2,3,4)/q-1;+1;. The zero-order chi connectivity index (χ0) is 16.6. The molecule has 0 saturated carbocycles. The molecule has 0 saturated heterocycles. The molecule has 1 unspecified atom stereocenters. The fourth-order valence-corrected chi connectivity index (χ4v) is 2.22. The van der Waals surface area contributed by atoms with E-state index in [1.54, 1.807) is 0 Å². The van der Waals surface area contributed by atoms with Gasteiger partial charge in [0.15, 0.2) is 0 Å². The average molecular weight is 363 g/mol. The van der Waals surface area contributed by atoms with Crippen molar-refractivity contribution in [2.75, 3.05) is 0 Å². The van der Waals surface area contributed by atoms with Crippen molar-refractivity contribution in [3.63, 3.8) is 0 Å². The van der Waals surface area contributed by atoms with E-state index in [9.17, 15) is 0 Å². The third kappa shape index (κ3) is 37.6. The maximum Gasteiger partial charge on any atom is 1.00 e. The van der Waals surface area contributed by atoms with E-state index in [1.807, 2.05) is 0 Å². The molecule has 0 rings (SSSR count). The Labute approximate surface area is 181 Å². The summed E-state index contributed by atoms with van der Waals surface area (Å²) in [5, 5.41) is 0. The fraction of sp³-hybridized carbons (Fsp3) is 0.938. The molecule has 2 N–H and O–H groups in total. The van der Waals surface area contributed by atoms with Crippen LogP contribution in [0.2, 0.25) is 0 Å². The van der Waals surface area contributed by atoms with E-state index in [1.165, 1.54) is 77.0 Å². The molecule has 0 aliphatic carbocycles. The molecule has 0 radical (unpaired) electrons. The molecule has 0 aromatic heterocycles. The quantitative estimate of drug-likeness (QED) is 0.242. The van der Waals surface area contributed by atoms with Gasteiger partial charge in [-0.25, -0.2) is 0 Å². The molecule has 4 nitrogen and oxygen atoms in total. The monoisotopic (exact) mass is 362 g/mol. The molecule has 0 heterocycles. The van der Waals surface area contributed by atoms with Gasteiger partial charge in [0.25, 0.3) is 0 Å². The van der Waals surface area contributed by atoms with E-state index in [-0.39, 0.29) is 51.4 Å². The molecular weight excluding hydrogens is 327 g/mol. The Morgan fingerprint density at radius 3 is 1.41 bits per heavy atom. The van der Waals surface area contributed by atoms with Crippen molar-refractivity contribution in [2.45, 2.75) is 90.9 Å². The predicted molar refractivity (Wildman–Crippen MR) is 89.8 cm³/mol. The van der Waals surface area contributed by atoms with Crippen molar-refractivity contribution in [1.82, 2.24) is 0 Å². The normalized spacial score (nSPS) is 12.0. The predicted octanol–water partition coefficient (Wildman–Crippen LogP) is 2.51. The van der Waals surface area contributed by atoms with Crippen molar-refractivity contribution >= 4 is 10.4 Å². The summed E-state index contributed by atoms with van der Waals surface area (Å²) in [6, 6.07) is 0. The Morgan fingerprint density at radius 1 is 0.773 bits per heavy atom. The summed E-state index contributed by atoms with van der Waals surface area (Å²) < 4.78 is 31.6. The van der Waals surface area contributed by atoms with Crippen LogP contribution in [0.1, 0.15) is 90.9 Å². The summed E-state index contributed by atoms with van der Waals surface area (Å²) in [5.41, 5.74) is 0. The molecule has 0 aromatic carbocycles. The minimum atomic E-state index is -4.67. The van der Waals surface area contributed by atoms with Gasteiger partial charge in [-0.1, -0.05) is 90.9 Å². The second kappa shape index (κ2) is 20.6. The Balaban J connectivity index is -0.000000520. The van der Waals surface area contributed by atoms with Crippen LogP contribution >= 0.6 is 0 Å². The van der Waals surface area contributed by atoms with Crippen molar-refractivity contribution in [3.8, 4) is 0 Å². The minimum Gasteiger partial charge on any atom is -0.340 e. The fourth-order valence-electron chi connectivity index (χ4n) is 2.22. The molecular formula is C16H35KO4S. The molecule has 6 heteroatoms. The van der Waals surface area contributed by atoms with Gasteiger partial charge < -0.3 is 6.92 Å². The summed E-state index contributed by atoms with van der Waals surface area (Å²) in [7, 11) is -4.67. The molecule has 0 amide bonds. The van der Waals surface area contributed by atoms with E-state index < -0.39 is 10.4 Å². The average Bonchev–Trinajstić information content (AvgIpc) is 2.37. The van der Waals surface area contributed by atoms with Gasteiger partial charge in [-0.05, 0) is 0 Å². The zero-order valence-corrected chi connectivity index (χ0v) is 18.8. The maximum absolute atomic E-state index is 8.74. The van der Waals surface area contributed by atoms with Gasteiger partial charge in [-0.3, -0.25) is 9.11 Å². The van der Waals surface area contributed by atoms with Crippen LogP contribution in [0.15, 0.2) is 0 Å². The van der Waals surface area contributed by atoms with E-state index in [4.69, 9.17) is 17.5 Å². The molecule has 0 fully saturated rings. The summed E-state index contributed by atoms with van der Waals surface area (Å²) >= 11 is 0. The second-order valence-electron chi connectivity index (χ2n) is 5.72. The number of hydrogen-bond acceptors (Lipinski definition) is 2. The van der Waals surface area contributed by atoms with Crippen LogP contribution in [0, 0.1) is 12.8 Å². The van der Waals surface area contributed by atoms with Crippen molar-refractivity contribution in [1.29, 1.82) is 0 Å². The second-order valence-corrected chi connectivity index (χ2v) is 6.62. The number of rotatable bonds is 12. The third-order valence-corrected chi connectivity index (χ3v) is 3.43. The summed E-state index contributed by atoms with van der Waals surface area (Å²) in [4.78, 5) is 0. The van der Waals surface area contributed by atoms with Gasteiger partial charge in [-0.2, -0.15) is 14.3 Å².